The van der Waals surface area contributed by atoms with Crippen LogP contribution in [0.25, 0.3) is 0 Å². The molecule has 3 nitrogen and oxygen atoms in total. The number of benzene rings is 2. The summed E-state index contributed by atoms with van der Waals surface area (Å²) in [7, 11) is 0. The second kappa shape index (κ2) is 14.8. The van der Waals surface area contributed by atoms with Gasteiger partial charge in [-0.25, -0.2) is 0 Å². The second-order valence-electron chi connectivity index (χ2n) is 8.48. The topological polar surface area (TPSA) is 15.7 Å². The molecule has 3 heteroatoms. The smallest absolute Gasteiger partial charge is 0.127 e. The van der Waals surface area contributed by atoms with Crippen molar-refractivity contribution in [2.75, 3.05) is 36.0 Å². The molecule has 0 unspecified atom stereocenters. The monoisotopic (exact) mass is 424 g/mol. The Bertz CT molecular complexity index is 618. The van der Waals surface area contributed by atoms with Crippen molar-refractivity contribution >= 4 is 11.4 Å². The fraction of sp³-hybridized carbons (Fsp3) is 0.571. The van der Waals surface area contributed by atoms with Crippen LogP contribution in [-0.4, -0.2) is 26.2 Å². The van der Waals surface area contributed by atoms with Crippen molar-refractivity contribution in [3.8, 4) is 11.5 Å². The van der Waals surface area contributed by atoms with Gasteiger partial charge in [0.2, 0.25) is 0 Å². The number of nitrogens with zero attached hydrogens (tertiary/aromatic N) is 2. The highest BCUT2D eigenvalue weighted by molar-refractivity contribution is 5.52. The average Bonchev–Trinajstić information content (AvgIpc) is 2.81. The van der Waals surface area contributed by atoms with Crippen molar-refractivity contribution in [2.45, 2.75) is 79.1 Å². The summed E-state index contributed by atoms with van der Waals surface area (Å²) in [4.78, 5) is 5.01. The van der Waals surface area contributed by atoms with E-state index in [0.29, 0.717) is 0 Å². The average molecular weight is 425 g/mol. The molecule has 2 aromatic carbocycles. The third-order valence-electron chi connectivity index (χ3n) is 5.77. The van der Waals surface area contributed by atoms with Gasteiger partial charge in [0, 0.05) is 37.6 Å². The number of hydrogen-bond donors (Lipinski definition) is 0. The molecule has 31 heavy (non-hydrogen) atoms. The van der Waals surface area contributed by atoms with Crippen molar-refractivity contribution < 1.29 is 4.74 Å². The zero-order chi connectivity index (χ0) is 22.3. The van der Waals surface area contributed by atoms with E-state index in [-0.39, 0.29) is 0 Å². The number of anilines is 2. The molecular formula is C28H44N2O. The van der Waals surface area contributed by atoms with E-state index >= 15 is 0 Å². The first-order valence-corrected chi connectivity index (χ1v) is 12.6. The predicted octanol–water partition coefficient (Wildman–Crippen LogP) is 8.29. The number of unbranched alkanes of at least 4 members (excludes halogenated alkanes) is 4. The highest BCUT2D eigenvalue weighted by Crippen LogP contribution is 2.27. The third kappa shape index (κ3) is 8.85. The van der Waals surface area contributed by atoms with E-state index in [1.807, 2.05) is 0 Å². The maximum atomic E-state index is 6.14. The molecule has 0 aliphatic carbocycles. The largest absolute Gasteiger partial charge is 0.457 e. The maximum Gasteiger partial charge on any atom is 0.127 e. The Hall–Kier alpha value is -2.16. The maximum absolute atomic E-state index is 6.14. The van der Waals surface area contributed by atoms with Crippen LogP contribution in [0.5, 0.6) is 11.5 Å². The molecule has 0 saturated heterocycles. The van der Waals surface area contributed by atoms with E-state index in [2.05, 4.69) is 86.0 Å². The van der Waals surface area contributed by atoms with Crippen LogP contribution in [0.15, 0.2) is 48.5 Å². The van der Waals surface area contributed by atoms with Gasteiger partial charge in [0.05, 0.1) is 0 Å². The van der Waals surface area contributed by atoms with Gasteiger partial charge >= 0.3 is 0 Å². The molecule has 0 aliphatic heterocycles. The highest BCUT2D eigenvalue weighted by Gasteiger charge is 2.08. The predicted molar refractivity (Wildman–Crippen MR) is 137 cm³/mol. The zero-order valence-electron chi connectivity index (χ0n) is 20.4. The fourth-order valence-corrected chi connectivity index (χ4v) is 3.72. The van der Waals surface area contributed by atoms with Gasteiger partial charge in [-0.3, -0.25) is 0 Å². The normalized spacial score (nSPS) is 10.8. The van der Waals surface area contributed by atoms with Gasteiger partial charge in [-0.1, -0.05) is 53.4 Å². The molecule has 0 radical (unpaired) electrons. The quantitative estimate of drug-likeness (QED) is 0.269. The lowest BCUT2D eigenvalue weighted by Crippen LogP contribution is -2.25. The zero-order valence-corrected chi connectivity index (χ0v) is 20.4. The summed E-state index contributed by atoms with van der Waals surface area (Å²) >= 11 is 0. The van der Waals surface area contributed by atoms with Crippen LogP contribution in [0.3, 0.4) is 0 Å². The van der Waals surface area contributed by atoms with E-state index in [1.165, 1.54) is 62.7 Å². The van der Waals surface area contributed by atoms with E-state index in [9.17, 15) is 0 Å². The Labute approximate surface area is 191 Å². The van der Waals surface area contributed by atoms with Gasteiger partial charge in [-0.15, -0.1) is 0 Å². The van der Waals surface area contributed by atoms with Crippen LogP contribution in [-0.2, 0) is 0 Å². The van der Waals surface area contributed by atoms with Crippen molar-refractivity contribution in [1.29, 1.82) is 0 Å². The van der Waals surface area contributed by atoms with Crippen LogP contribution >= 0.6 is 0 Å². The number of ether oxygens (including phenoxy) is 1. The molecule has 2 aromatic rings. The lowest BCUT2D eigenvalue weighted by Gasteiger charge is -2.25. The minimum Gasteiger partial charge on any atom is -0.457 e. The minimum atomic E-state index is 0.899. The lowest BCUT2D eigenvalue weighted by atomic mass is 10.2. The van der Waals surface area contributed by atoms with Crippen LogP contribution in [0, 0.1) is 0 Å². The third-order valence-corrected chi connectivity index (χ3v) is 5.77. The van der Waals surface area contributed by atoms with Gasteiger partial charge in [-0.05, 0) is 74.2 Å². The molecule has 0 heterocycles. The summed E-state index contributed by atoms with van der Waals surface area (Å²) in [6, 6.07) is 17.2. The molecule has 0 amide bonds. The highest BCUT2D eigenvalue weighted by atomic mass is 16.5. The van der Waals surface area contributed by atoms with Crippen molar-refractivity contribution in [2.24, 2.45) is 0 Å². The standard InChI is InChI=1S/C28H44N2O/c1-5-9-21-29(22-10-6-2)25-13-17-27(18-14-25)31-28-19-15-26(16-20-28)30(23-11-7-3)24-12-8-4/h13-20H,5-12,21-24H2,1-4H3. The number of hydrogen-bond acceptors (Lipinski definition) is 3. The first-order chi connectivity index (χ1) is 15.2. The van der Waals surface area contributed by atoms with Crippen LogP contribution in [0.1, 0.15) is 79.1 Å². The molecular weight excluding hydrogens is 380 g/mol. The molecule has 0 N–H and O–H groups in total. The fourth-order valence-electron chi connectivity index (χ4n) is 3.72. The van der Waals surface area contributed by atoms with E-state index in [0.717, 1.165) is 37.7 Å². The van der Waals surface area contributed by atoms with Crippen LogP contribution in [0.4, 0.5) is 11.4 Å². The van der Waals surface area contributed by atoms with Crippen molar-refractivity contribution in [3.63, 3.8) is 0 Å². The van der Waals surface area contributed by atoms with Gasteiger partial charge in [0.25, 0.3) is 0 Å². The Morgan fingerprint density at radius 3 is 1.03 bits per heavy atom. The summed E-state index contributed by atoms with van der Waals surface area (Å²) < 4.78 is 6.14. The summed E-state index contributed by atoms with van der Waals surface area (Å²) in [5.74, 6) is 1.80. The Kier molecular flexibility index (Phi) is 12.0. The van der Waals surface area contributed by atoms with E-state index in [4.69, 9.17) is 4.74 Å². The lowest BCUT2D eigenvalue weighted by molar-refractivity contribution is 0.482. The molecule has 0 saturated carbocycles. The summed E-state index contributed by atoms with van der Waals surface area (Å²) in [5, 5.41) is 0. The van der Waals surface area contributed by atoms with Gasteiger partial charge in [-0.2, -0.15) is 0 Å². The van der Waals surface area contributed by atoms with Crippen LogP contribution in [0.2, 0.25) is 0 Å². The SMILES string of the molecule is CCCCN(CCCC)c1ccc(Oc2ccc(N(CCCC)CCCC)cc2)cc1. The molecule has 0 aliphatic rings. The van der Waals surface area contributed by atoms with Crippen molar-refractivity contribution in [3.05, 3.63) is 48.5 Å². The Morgan fingerprint density at radius 1 is 0.484 bits per heavy atom. The summed E-state index contributed by atoms with van der Waals surface area (Å²) in [5.41, 5.74) is 2.60. The Morgan fingerprint density at radius 2 is 0.774 bits per heavy atom. The van der Waals surface area contributed by atoms with Crippen molar-refractivity contribution in [1.82, 2.24) is 0 Å². The molecule has 0 bridgehead atoms. The molecule has 0 atom stereocenters. The van der Waals surface area contributed by atoms with Crippen LogP contribution < -0.4 is 14.5 Å². The summed E-state index contributed by atoms with van der Waals surface area (Å²) in [6.07, 6.45) is 9.87. The van der Waals surface area contributed by atoms with Gasteiger partial charge in [0.15, 0.2) is 0 Å². The first-order valence-electron chi connectivity index (χ1n) is 12.6. The molecule has 172 valence electrons. The Balaban J connectivity index is 2.00. The molecule has 2 rings (SSSR count). The molecule has 0 fully saturated rings. The van der Waals surface area contributed by atoms with E-state index < -0.39 is 0 Å². The number of rotatable bonds is 16. The molecule has 0 spiro atoms. The van der Waals surface area contributed by atoms with E-state index in [1.54, 1.807) is 0 Å². The first kappa shape index (κ1) is 25.1. The van der Waals surface area contributed by atoms with Gasteiger partial charge in [0.1, 0.15) is 11.5 Å². The molecule has 0 aromatic heterocycles. The second-order valence-corrected chi connectivity index (χ2v) is 8.48. The minimum absolute atomic E-state index is 0.899. The summed E-state index contributed by atoms with van der Waals surface area (Å²) in [6.45, 7) is 13.5. The van der Waals surface area contributed by atoms with Gasteiger partial charge < -0.3 is 14.5 Å².